The monoisotopic (exact) mass is 394 g/mol. The largest absolute Gasteiger partial charge is 0.482 e. The Balaban J connectivity index is 1.56. The summed E-state index contributed by atoms with van der Waals surface area (Å²) in [5.74, 6) is 0.792. The standard InChI is InChI=1S/C23H23ClN2O2/c24-21-11-9-17-5-3-7-20(22(17)25-21)28-23-18-6-2-1-4-16(18)8-10-19(23)26-12-14-27-15-13-26/h1-7,9,11,19,23H,8,10,12-15H2/t19-,23-/m0/s1. The molecule has 28 heavy (non-hydrogen) atoms. The summed E-state index contributed by atoms with van der Waals surface area (Å²) in [6.07, 6.45) is 2.13. The Hall–Kier alpha value is -2.14. The molecule has 0 amide bonds. The van der Waals surface area contributed by atoms with Crippen molar-refractivity contribution in [2.75, 3.05) is 26.3 Å². The summed E-state index contributed by atoms with van der Waals surface area (Å²) in [5, 5.41) is 1.52. The minimum atomic E-state index is -0.0329. The van der Waals surface area contributed by atoms with Crippen LogP contribution in [0.3, 0.4) is 0 Å². The third-order valence-electron chi connectivity index (χ3n) is 5.84. The van der Waals surface area contributed by atoms with E-state index in [0.29, 0.717) is 11.2 Å². The number of aromatic nitrogens is 1. The van der Waals surface area contributed by atoms with Gasteiger partial charge in [-0.25, -0.2) is 4.98 Å². The molecular formula is C23H23ClN2O2. The molecule has 0 unspecified atom stereocenters. The molecule has 2 heterocycles. The van der Waals surface area contributed by atoms with Gasteiger partial charge in [-0.2, -0.15) is 0 Å². The minimum Gasteiger partial charge on any atom is -0.482 e. The molecule has 0 spiro atoms. The van der Waals surface area contributed by atoms with Crippen LogP contribution in [0.25, 0.3) is 10.9 Å². The Labute approximate surface area is 170 Å². The number of fused-ring (bicyclic) bond motifs is 2. The normalized spacial score (nSPS) is 22.8. The van der Waals surface area contributed by atoms with Crippen LogP contribution in [-0.2, 0) is 11.2 Å². The summed E-state index contributed by atoms with van der Waals surface area (Å²) >= 11 is 6.18. The third kappa shape index (κ3) is 3.37. The van der Waals surface area contributed by atoms with Gasteiger partial charge in [0, 0.05) is 18.5 Å². The molecule has 0 N–H and O–H groups in total. The lowest BCUT2D eigenvalue weighted by Gasteiger charge is -2.42. The first-order valence-corrected chi connectivity index (χ1v) is 10.3. The Morgan fingerprint density at radius 1 is 1.00 bits per heavy atom. The number of aryl methyl sites for hydroxylation is 1. The number of pyridine rings is 1. The van der Waals surface area contributed by atoms with Crippen molar-refractivity contribution in [3.63, 3.8) is 0 Å². The third-order valence-corrected chi connectivity index (χ3v) is 6.05. The van der Waals surface area contributed by atoms with Crippen LogP contribution in [0, 0.1) is 0 Å². The average Bonchev–Trinajstić information content (AvgIpc) is 2.75. The van der Waals surface area contributed by atoms with Crippen LogP contribution in [0.1, 0.15) is 23.7 Å². The maximum absolute atomic E-state index is 6.71. The van der Waals surface area contributed by atoms with Gasteiger partial charge in [0.25, 0.3) is 0 Å². The number of benzene rings is 2. The van der Waals surface area contributed by atoms with Crippen molar-refractivity contribution >= 4 is 22.5 Å². The maximum atomic E-state index is 6.71. The van der Waals surface area contributed by atoms with Crippen molar-refractivity contribution < 1.29 is 9.47 Å². The Morgan fingerprint density at radius 3 is 2.75 bits per heavy atom. The Bertz CT molecular complexity index is 987. The molecule has 2 aromatic carbocycles. The van der Waals surface area contributed by atoms with E-state index in [1.165, 1.54) is 11.1 Å². The molecule has 5 rings (SSSR count). The van der Waals surface area contributed by atoms with E-state index in [1.54, 1.807) is 0 Å². The first-order chi connectivity index (χ1) is 13.8. The molecule has 5 heteroatoms. The number of hydrogen-bond acceptors (Lipinski definition) is 4. The second kappa shape index (κ2) is 7.70. The molecule has 1 aliphatic heterocycles. The van der Waals surface area contributed by atoms with Crippen LogP contribution in [0.4, 0.5) is 0 Å². The van der Waals surface area contributed by atoms with Gasteiger partial charge >= 0.3 is 0 Å². The quantitative estimate of drug-likeness (QED) is 0.605. The van der Waals surface area contributed by atoms with Crippen LogP contribution < -0.4 is 4.74 Å². The van der Waals surface area contributed by atoms with Gasteiger partial charge < -0.3 is 9.47 Å². The van der Waals surface area contributed by atoms with Crippen molar-refractivity contribution in [2.45, 2.75) is 25.0 Å². The predicted octanol–water partition coefficient (Wildman–Crippen LogP) is 4.66. The van der Waals surface area contributed by atoms with Crippen molar-refractivity contribution in [2.24, 2.45) is 0 Å². The number of rotatable bonds is 3. The highest BCUT2D eigenvalue weighted by molar-refractivity contribution is 6.29. The highest BCUT2D eigenvalue weighted by Gasteiger charge is 2.36. The molecule has 1 fully saturated rings. The zero-order valence-electron chi connectivity index (χ0n) is 15.7. The Morgan fingerprint density at radius 2 is 1.86 bits per heavy atom. The predicted molar refractivity (Wildman–Crippen MR) is 111 cm³/mol. The van der Waals surface area contributed by atoms with E-state index < -0.39 is 0 Å². The molecule has 0 radical (unpaired) electrons. The fraction of sp³-hybridized carbons (Fsp3) is 0.348. The van der Waals surface area contributed by atoms with E-state index in [1.807, 2.05) is 30.3 Å². The van der Waals surface area contributed by atoms with E-state index in [4.69, 9.17) is 21.1 Å². The molecule has 1 aromatic heterocycles. The van der Waals surface area contributed by atoms with Gasteiger partial charge in [-0.15, -0.1) is 0 Å². The van der Waals surface area contributed by atoms with Gasteiger partial charge in [-0.3, -0.25) is 4.90 Å². The van der Waals surface area contributed by atoms with Crippen molar-refractivity contribution in [1.29, 1.82) is 0 Å². The highest BCUT2D eigenvalue weighted by Crippen LogP contribution is 2.38. The molecule has 3 aromatic rings. The maximum Gasteiger partial charge on any atom is 0.146 e. The summed E-state index contributed by atoms with van der Waals surface area (Å²) in [4.78, 5) is 7.06. The SMILES string of the molecule is Clc1ccc2cccc(O[C@H]3c4ccccc4CC[C@@H]3N3CCOCC3)c2n1. The Kier molecular flexibility index (Phi) is 4.93. The van der Waals surface area contributed by atoms with Crippen LogP contribution in [0.15, 0.2) is 54.6 Å². The molecule has 1 aliphatic carbocycles. The molecule has 0 saturated carbocycles. The van der Waals surface area contributed by atoms with Crippen molar-refractivity contribution in [1.82, 2.24) is 9.88 Å². The second-order valence-electron chi connectivity index (χ2n) is 7.45. The topological polar surface area (TPSA) is 34.6 Å². The first kappa shape index (κ1) is 17.9. The summed E-state index contributed by atoms with van der Waals surface area (Å²) < 4.78 is 12.3. The van der Waals surface area contributed by atoms with Gasteiger partial charge in [0.1, 0.15) is 22.5 Å². The number of para-hydroxylation sites is 1. The van der Waals surface area contributed by atoms with E-state index in [-0.39, 0.29) is 6.10 Å². The number of ether oxygens (including phenoxy) is 2. The number of hydrogen-bond donors (Lipinski definition) is 0. The van der Waals surface area contributed by atoms with Crippen LogP contribution in [-0.4, -0.2) is 42.2 Å². The minimum absolute atomic E-state index is 0.0329. The number of nitrogens with zero attached hydrogens (tertiary/aromatic N) is 2. The zero-order chi connectivity index (χ0) is 18.9. The molecule has 4 nitrogen and oxygen atoms in total. The zero-order valence-corrected chi connectivity index (χ0v) is 16.4. The lowest BCUT2D eigenvalue weighted by atomic mass is 9.84. The van der Waals surface area contributed by atoms with Crippen LogP contribution in [0.5, 0.6) is 5.75 Å². The van der Waals surface area contributed by atoms with E-state index in [2.05, 4.69) is 34.1 Å². The number of morpholine rings is 1. The molecule has 2 aliphatic rings. The van der Waals surface area contributed by atoms with E-state index in [9.17, 15) is 0 Å². The van der Waals surface area contributed by atoms with Gasteiger partial charge in [0.15, 0.2) is 0 Å². The van der Waals surface area contributed by atoms with Gasteiger partial charge in [-0.1, -0.05) is 48.0 Å². The molecule has 1 saturated heterocycles. The lowest BCUT2D eigenvalue weighted by Crippen LogP contribution is -2.49. The van der Waals surface area contributed by atoms with Crippen LogP contribution in [0.2, 0.25) is 5.15 Å². The summed E-state index contributed by atoms with van der Waals surface area (Å²) in [7, 11) is 0. The second-order valence-corrected chi connectivity index (χ2v) is 7.84. The summed E-state index contributed by atoms with van der Waals surface area (Å²) in [6.45, 7) is 3.48. The fourth-order valence-corrected chi connectivity index (χ4v) is 4.60. The smallest absolute Gasteiger partial charge is 0.146 e. The number of halogens is 1. The highest BCUT2D eigenvalue weighted by atomic mass is 35.5. The van der Waals surface area contributed by atoms with Crippen molar-refractivity contribution in [3.05, 3.63) is 70.9 Å². The van der Waals surface area contributed by atoms with Crippen molar-refractivity contribution in [3.8, 4) is 5.75 Å². The average molecular weight is 395 g/mol. The van der Waals surface area contributed by atoms with E-state index in [0.717, 1.165) is 55.8 Å². The molecule has 144 valence electrons. The molecular weight excluding hydrogens is 372 g/mol. The van der Waals surface area contributed by atoms with Gasteiger partial charge in [0.2, 0.25) is 0 Å². The van der Waals surface area contributed by atoms with Gasteiger partial charge in [0.05, 0.1) is 19.3 Å². The molecule has 0 bridgehead atoms. The van der Waals surface area contributed by atoms with E-state index >= 15 is 0 Å². The van der Waals surface area contributed by atoms with Crippen LogP contribution >= 0.6 is 11.6 Å². The van der Waals surface area contributed by atoms with Gasteiger partial charge in [-0.05, 0) is 42.2 Å². The lowest BCUT2D eigenvalue weighted by molar-refractivity contribution is -0.0211. The fourth-order valence-electron chi connectivity index (χ4n) is 4.45. The first-order valence-electron chi connectivity index (χ1n) is 9.91. The summed E-state index contributed by atoms with van der Waals surface area (Å²) in [5.41, 5.74) is 3.48. The molecule has 2 atom stereocenters. The summed E-state index contributed by atoms with van der Waals surface area (Å²) in [6, 6.07) is 18.8.